The van der Waals surface area contributed by atoms with Gasteiger partial charge in [-0.25, -0.2) is 0 Å². The fourth-order valence-electron chi connectivity index (χ4n) is 2.15. The summed E-state index contributed by atoms with van der Waals surface area (Å²) >= 11 is 12.1. The Morgan fingerprint density at radius 3 is 2.67 bits per heavy atom. The molecule has 0 saturated carbocycles. The van der Waals surface area contributed by atoms with E-state index in [0.717, 1.165) is 5.56 Å². The van der Waals surface area contributed by atoms with E-state index in [1.54, 1.807) is 25.3 Å². The molecule has 0 radical (unpaired) electrons. The summed E-state index contributed by atoms with van der Waals surface area (Å²) in [5.74, 6) is -1.01. The van der Waals surface area contributed by atoms with Gasteiger partial charge in [-0.05, 0) is 47.9 Å². The van der Waals surface area contributed by atoms with Crippen molar-refractivity contribution < 1.29 is 14.6 Å². The van der Waals surface area contributed by atoms with E-state index in [1.807, 2.05) is 24.3 Å². The van der Waals surface area contributed by atoms with Crippen molar-refractivity contribution >= 4 is 29.2 Å². The van der Waals surface area contributed by atoms with Crippen LogP contribution >= 0.6 is 23.2 Å². The third-order valence-electron chi connectivity index (χ3n) is 3.21. The van der Waals surface area contributed by atoms with Crippen LogP contribution in [0, 0.1) is 0 Å². The van der Waals surface area contributed by atoms with Crippen LogP contribution < -0.4 is 4.74 Å². The molecule has 5 heteroatoms. The standard InChI is InChI=1S/C16H14Cl2O3/c1-21-12-4-2-3-10(7-12)8-14(16(19)20)13-9-11(17)5-6-15(13)18/h2-7,9,14H,8H2,1H3,(H,19,20). The van der Waals surface area contributed by atoms with Crippen LogP contribution in [0.5, 0.6) is 5.75 Å². The van der Waals surface area contributed by atoms with E-state index in [2.05, 4.69) is 0 Å². The summed E-state index contributed by atoms with van der Waals surface area (Å²) in [6, 6.07) is 12.2. The molecule has 1 unspecified atom stereocenters. The van der Waals surface area contributed by atoms with Crippen molar-refractivity contribution in [2.24, 2.45) is 0 Å². The van der Waals surface area contributed by atoms with Crippen LogP contribution in [0.25, 0.3) is 0 Å². The van der Waals surface area contributed by atoms with Gasteiger partial charge in [0.25, 0.3) is 0 Å². The predicted molar refractivity (Wildman–Crippen MR) is 83.5 cm³/mol. The van der Waals surface area contributed by atoms with Gasteiger partial charge in [0, 0.05) is 10.0 Å². The molecule has 0 amide bonds. The molecule has 2 aromatic carbocycles. The van der Waals surface area contributed by atoms with E-state index >= 15 is 0 Å². The molecule has 0 aromatic heterocycles. The number of hydrogen-bond donors (Lipinski definition) is 1. The summed E-state index contributed by atoms with van der Waals surface area (Å²) in [4.78, 5) is 11.6. The molecule has 1 atom stereocenters. The Labute approximate surface area is 133 Å². The van der Waals surface area contributed by atoms with Crippen LogP contribution in [-0.4, -0.2) is 18.2 Å². The molecule has 110 valence electrons. The van der Waals surface area contributed by atoms with Gasteiger partial charge in [-0.1, -0.05) is 35.3 Å². The zero-order valence-electron chi connectivity index (χ0n) is 11.3. The molecule has 0 spiro atoms. The maximum Gasteiger partial charge on any atom is 0.311 e. The first-order valence-corrected chi connectivity index (χ1v) is 7.07. The largest absolute Gasteiger partial charge is 0.497 e. The lowest BCUT2D eigenvalue weighted by molar-refractivity contribution is -0.138. The lowest BCUT2D eigenvalue weighted by Crippen LogP contribution is -2.15. The van der Waals surface area contributed by atoms with Gasteiger partial charge in [0.15, 0.2) is 0 Å². The van der Waals surface area contributed by atoms with Crippen LogP contribution in [-0.2, 0) is 11.2 Å². The second-order valence-corrected chi connectivity index (χ2v) is 5.46. The number of carboxylic acid groups (broad SMARTS) is 1. The summed E-state index contributed by atoms with van der Waals surface area (Å²) in [5, 5.41) is 10.4. The van der Waals surface area contributed by atoms with Crippen molar-refractivity contribution in [2.45, 2.75) is 12.3 Å². The molecule has 21 heavy (non-hydrogen) atoms. The van der Waals surface area contributed by atoms with Crippen LogP contribution in [0.1, 0.15) is 17.0 Å². The van der Waals surface area contributed by atoms with E-state index in [1.165, 1.54) is 0 Å². The maximum atomic E-state index is 11.6. The van der Waals surface area contributed by atoms with Gasteiger partial charge >= 0.3 is 5.97 Å². The Balaban J connectivity index is 2.35. The van der Waals surface area contributed by atoms with Crippen molar-refractivity contribution in [2.75, 3.05) is 7.11 Å². The quantitative estimate of drug-likeness (QED) is 0.885. The fourth-order valence-corrected chi connectivity index (χ4v) is 2.58. The first-order valence-electron chi connectivity index (χ1n) is 6.32. The van der Waals surface area contributed by atoms with Crippen LogP contribution in [0.4, 0.5) is 0 Å². The summed E-state index contributed by atoms with van der Waals surface area (Å²) < 4.78 is 5.15. The van der Waals surface area contributed by atoms with Crippen molar-refractivity contribution in [1.29, 1.82) is 0 Å². The molecule has 0 bridgehead atoms. The molecule has 0 aliphatic rings. The van der Waals surface area contributed by atoms with Gasteiger partial charge in [0.1, 0.15) is 5.75 Å². The third-order valence-corrected chi connectivity index (χ3v) is 3.78. The van der Waals surface area contributed by atoms with Gasteiger partial charge in [-0.3, -0.25) is 4.79 Å². The van der Waals surface area contributed by atoms with Gasteiger partial charge in [-0.15, -0.1) is 0 Å². The molecular formula is C16H14Cl2O3. The topological polar surface area (TPSA) is 46.5 Å². The molecule has 0 saturated heterocycles. The number of benzene rings is 2. The summed E-state index contributed by atoms with van der Waals surface area (Å²) in [5.41, 5.74) is 1.37. The Morgan fingerprint density at radius 1 is 1.24 bits per heavy atom. The third kappa shape index (κ3) is 3.90. The molecule has 1 N–H and O–H groups in total. The van der Waals surface area contributed by atoms with E-state index in [4.69, 9.17) is 27.9 Å². The summed E-state index contributed by atoms with van der Waals surface area (Å²) in [7, 11) is 1.57. The average molecular weight is 325 g/mol. The summed E-state index contributed by atoms with van der Waals surface area (Å²) in [6.45, 7) is 0. The second-order valence-electron chi connectivity index (χ2n) is 4.61. The van der Waals surface area contributed by atoms with Gasteiger partial charge in [0.2, 0.25) is 0 Å². The van der Waals surface area contributed by atoms with E-state index in [0.29, 0.717) is 27.8 Å². The minimum absolute atomic E-state index is 0.312. The van der Waals surface area contributed by atoms with Crippen molar-refractivity contribution in [3.8, 4) is 5.75 Å². The van der Waals surface area contributed by atoms with Gasteiger partial charge in [-0.2, -0.15) is 0 Å². The number of ether oxygens (including phenoxy) is 1. The number of halogens is 2. The van der Waals surface area contributed by atoms with Crippen molar-refractivity contribution in [1.82, 2.24) is 0 Å². The number of carbonyl (C=O) groups is 1. The highest BCUT2D eigenvalue weighted by molar-refractivity contribution is 6.33. The minimum Gasteiger partial charge on any atom is -0.497 e. The number of aliphatic carboxylic acids is 1. The molecule has 3 nitrogen and oxygen atoms in total. The lowest BCUT2D eigenvalue weighted by atomic mass is 9.92. The van der Waals surface area contributed by atoms with Gasteiger partial charge < -0.3 is 9.84 Å². The fraction of sp³-hybridized carbons (Fsp3) is 0.188. The smallest absolute Gasteiger partial charge is 0.311 e. The van der Waals surface area contributed by atoms with Crippen LogP contribution in [0.2, 0.25) is 10.0 Å². The highest BCUT2D eigenvalue weighted by atomic mass is 35.5. The molecule has 0 fully saturated rings. The molecule has 2 aromatic rings. The zero-order chi connectivity index (χ0) is 15.4. The van der Waals surface area contributed by atoms with Crippen LogP contribution in [0.15, 0.2) is 42.5 Å². The van der Waals surface area contributed by atoms with Crippen molar-refractivity contribution in [3.05, 3.63) is 63.6 Å². The molecule has 0 aliphatic carbocycles. The Bertz CT molecular complexity index is 656. The number of carboxylic acids is 1. The molecule has 0 heterocycles. The lowest BCUT2D eigenvalue weighted by Gasteiger charge is -2.15. The highest BCUT2D eigenvalue weighted by Crippen LogP contribution is 2.31. The van der Waals surface area contributed by atoms with Crippen molar-refractivity contribution in [3.63, 3.8) is 0 Å². The zero-order valence-corrected chi connectivity index (χ0v) is 12.9. The van der Waals surface area contributed by atoms with E-state index in [9.17, 15) is 9.90 Å². The average Bonchev–Trinajstić information content (AvgIpc) is 2.47. The molecule has 0 aliphatic heterocycles. The molecule has 2 rings (SSSR count). The number of rotatable bonds is 5. The Morgan fingerprint density at radius 2 is 2.00 bits per heavy atom. The number of hydrogen-bond acceptors (Lipinski definition) is 2. The highest BCUT2D eigenvalue weighted by Gasteiger charge is 2.23. The van der Waals surface area contributed by atoms with E-state index < -0.39 is 11.9 Å². The maximum absolute atomic E-state index is 11.6. The summed E-state index contributed by atoms with van der Waals surface area (Å²) in [6.07, 6.45) is 0.312. The van der Waals surface area contributed by atoms with Crippen LogP contribution in [0.3, 0.4) is 0 Å². The normalized spacial score (nSPS) is 12.0. The SMILES string of the molecule is COc1cccc(CC(C(=O)O)c2cc(Cl)ccc2Cl)c1. The first-order chi connectivity index (χ1) is 10.0. The second kappa shape index (κ2) is 6.83. The predicted octanol–water partition coefficient (Wildman–Crippen LogP) is 4.41. The Kier molecular flexibility index (Phi) is 5.10. The minimum atomic E-state index is -0.943. The first kappa shape index (κ1) is 15.7. The number of methoxy groups -OCH3 is 1. The van der Waals surface area contributed by atoms with E-state index in [-0.39, 0.29) is 0 Å². The van der Waals surface area contributed by atoms with Gasteiger partial charge in [0.05, 0.1) is 13.0 Å². The monoisotopic (exact) mass is 324 g/mol. The Hall–Kier alpha value is -1.71. The molecular weight excluding hydrogens is 311 g/mol.